The molecule has 1 rings (SSSR count). The fraction of sp³-hybridized carbons (Fsp3) is 0.462. The normalized spacial score (nSPS) is 12.2. The molecular weight excluding hydrogens is 270 g/mol. The summed E-state index contributed by atoms with van der Waals surface area (Å²) in [5, 5.41) is 3.90. The molecular formula is C13H18ClNO2S. The fourth-order valence-electron chi connectivity index (χ4n) is 1.38. The monoisotopic (exact) mass is 287 g/mol. The largest absolute Gasteiger partial charge is 0.468 e. The van der Waals surface area contributed by atoms with E-state index in [-0.39, 0.29) is 12.0 Å². The molecule has 18 heavy (non-hydrogen) atoms. The van der Waals surface area contributed by atoms with Crippen LogP contribution in [0.3, 0.4) is 0 Å². The summed E-state index contributed by atoms with van der Waals surface area (Å²) in [6.45, 7) is 2.87. The van der Waals surface area contributed by atoms with Gasteiger partial charge in [0.25, 0.3) is 0 Å². The third-order valence-electron chi connectivity index (χ3n) is 2.36. The number of hydrogen-bond donors (Lipinski definition) is 1. The lowest BCUT2D eigenvalue weighted by Crippen LogP contribution is -2.40. The standard InChI is InChI=1S/C13H18ClNO2S/c1-3-8-15-12(13(16)17-2)9-18-11-6-4-10(14)5-7-11/h4-7,12,15H,3,8-9H2,1-2H3. The van der Waals surface area contributed by atoms with Gasteiger partial charge >= 0.3 is 5.97 Å². The molecule has 3 nitrogen and oxygen atoms in total. The van der Waals surface area contributed by atoms with E-state index in [4.69, 9.17) is 16.3 Å². The Hall–Kier alpha value is -0.710. The number of thioether (sulfide) groups is 1. The second-order valence-electron chi connectivity index (χ2n) is 3.79. The molecule has 0 bridgehead atoms. The molecule has 0 spiro atoms. The number of hydrogen-bond acceptors (Lipinski definition) is 4. The van der Waals surface area contributed by atoms with Crippen molar-refractivity contribution in [1.29, 1.82) is 0 Å². The third kappa shape index (κ3) is 5.29. The smallest absolute Gasteiger partial charge is 0.323 e. The maximum absolute atomic E-state index is 11.6. The fourth-order valence-corrected chi connectivity index (χ4v) is 2.45. The van der Waals surface area contributed by atoms with Crippen LogP contribution in [0.1, 0.15) is 13.3 Å². The molecule has 1 aromatic carbocycles. The number of halogens is 1. The molecule has 1 unspecified atom stereocenters. The number of carbonyl (C=O) groups excluding carboxylic acids is 1. The molecule has 0 fully saturated rings. The lowest BCUT2D eigenvalue weighted by Gasteiger charge is -2.15. The second kappa shape index (κ2) is 8.40. The molecule has 0 aliphatic heterocycles. The first-order valence-corrected chi connectivity index (χ1v) is 7.23. The first-order valence-electron chi connectivity index (χ1n) is 5.87. The molecule has 1 aromatic rings. The van der Waals surface area contributed by atoms with E-state index in [1.54, 1.807) is 11.8 Å². The number of carbonyl (C=O) groups is 1. The molecule has 0 aliphatic carbocycles. The Morgan fingerprint density at radius 2 is 2.11 bits per heavy atom. The summed E-state index contributed by atoms with van der Waals surface area (Å²) >= 11 is 7.43. The molecule has 0 aliphatic rings. The Morgan fingerprint density at radius 3 is 2.67 bits per heavy atom. The highest BCUT2D eigenvalue weighted by atomic mass is 35.5. The van der Waals surface area contributed by atoms with Gasteiger partial charge < -0.3 is 10.1 Å². The first-order chi connectivity index (χ1) is 8.67. The topological polar surface area (TPSA) is 38.3 Å². The van der Waals surface area contributed by atoms with Crippen molar-refractivity contribution in [2.75, 3.05) is 19.4 Å². The van der Waals surface area contributed by atoms with E-state index in [2.05, 4.69) is 12.2 Å². The zero-order valence-electron chi connectivity index (χ0n) is 10.6. The number of ether oxygens (including phenoxy) is 1. The lowest BCUT2D eigenvalue weighted by molar-refractivity contribution is -0.142. The highest BCUT2D eigenvalue weighted by molar-refractivity contribution is 7.99. The van der Waals surface area contributed by atoms with Gasteiger partial charge in [-0.3, -0.25) is 4.79 Å². The van der Waals surface area contributed by atoms with Gasteiger partial charge in [0, 0.05) is 15.7 Å². The van der Waals surface area contributed by atoms with Gasteiger partial charge in [0.15, 0.2) is 0 Å². The van der Waals surface area contributed by atoms with Crippen molar-refractivity contribution in [1.82, 2.24) is 5.32 Å². The summed E-state index contributed by atoms with van der Waals surface area (Å²) in [5.41, 5.74) is 0. The molecule has 5 heteroatoms. The van der Waals surface area contributed by atoms with Crippen molar-refractivity contribution in [2.45, 2.75) is 24.3 Å². The van der Waals surface area contributed by atoms with E-state index in [0.29, 0.717) is 10.8 Å². The molecule has 0 heterocycles. The van der Waals surface area contributed by atoms with Crippen LogP contribution >= 0.6 is 23.4 Å². The van der Waals surface area contributed by atoms with Gasteiger partial charge in [-0.2, -0.15) is 0 Å². The number of nitrogens with one attached hydrogen (secondary N) is 1. The van der Waals surface area contributed by atoms with Crippen LogP contribution in [-0.2, 0) is 9.53 Å². The van der Waals surface area contributed by atoms with Crippen molar-refractivity contribution >= 4 is 29.3 Å². The Bertz CT molecular complexity index is 370. The minimum Gasteiger partial charge on any atom is -0.468 e. The molecule has 0 radical (unpaired) electrons. The summed E-state index contributed by atoms with van der Waals surface area (Å²) in [6, 6.07) is 7.31. The Balaban J connectivity index is 2.50. The average molecular weight is 288 g/mol. The average Bonchev–Trinajstić information content (AvgIpc) is 2.40. The van der Waals surface area contributed by atoms with E-state index in [1.807, 2.05) is 24.3 Å². The SMILES string of the molecule is CCCNC(CSc1ccc(Cl)cc1)C(=O)OC. The summed E-state index contributed by atoms with van der Waals surface area (Å²) in [6.07, 6.45) is 0.985. The molecule has 0 aromatic heterocycles. The van der Waals surface area contributed by atoms with Crippen molar-refractivity contribution < 1.29 is 9.53 Å². The van der Waals surface area contributed by atoms with Crippen LogP contribution < -0.4 is 5.32 Å². The summed E-state index contributed by atoms with van der Waals surface area (Å²) in [7, 11) is 1.41. The van der Waals surface area contributed by atoms with Crippen LogP contribution in [0.25, 0.3) is 0 Å². The van der Waals surface area contributed by atoms with Crippen LogP contribution in [0.2, 0.25) is 5.02 Å². The third-order valence-corrected chi connectivity index (χ3v) is 3.71. The van der Waals surface area contributed by atoms with Crippen molar-refractivity contribution in [3.8, 4) is 0 Å². The number of rotatable bonds is 7. The maximum Gasteiger partial charge on any atom is 0.323 e. The van der Waals surface area contributed by atoms with E-state index >= 15 is 0 Å². The van der Waals surface area contributed by atoms with Gasteiger partial charge in [0.1, 0.15) is 6.04 Å². The molecule has 0 saturated carbocycles. The molecule has 0 amide bonds. The number of methoxy groups -OCH3 is 1. The lowest BCUT2D eigenvalue weighted by atomic mass is 10.3. The summed E-state index contributed by atoms with van der Waals surface area (Å²) in [4.78, 5) is 12.7. The van der Waals surface area contributed by atoms with Crippen LogP contribution in [0.15, 0.2) is 29.2 Å². The molecule has 0 saturated heterocycles. The Morgan fingerprint density at radius 1 is 1.44 bits per heavy atom. The predicted octanol–water partition coefficient (Wildman–Crippen LogP) is 2.97. The Labute approximate surface area is 117 Å². The van der Waals surface area contributed by atoms with Gasteiger partial charge in [-0.25, -0.2) is 0 Å². The van der Waals surface area contributed by atoms with Crippen LogP contribution in [0.5, 0.6) is 0 Å². The quantitative estimate of drug-likeness (QED) is 0.618. The predicted molar refractivity (Wildman–Crippen MR) is 76.3 cm³/mol. The van der Waals surface area contributed by atoms with Crippen LogP contribution in [-0.4, -0.2) is 31.4 Å². The van der Waals surface area contributed by atoms with Gasteiger partial charge in [-0.05, 0) is 37.2 Å². The summed E-state index contributed by atoms with van der Waals surface area (Å²) in [5.74, 6) is 0.429. The van der Waals surface area contributed by atoms with Crippen LogP contribution in [0, 0.1) is 0 Å². The van der Waals surface area contributed by atoms with E-state index in [1.165, 1.54) is 7.11 Å². The molecule has 100 valence electrons. The number of esters is 1. The van der Waals surface area contributed by atoms with Crippen molar-refractivity contribution in [3.05, 3.63) is 29.3 Å². The zero-order chi connectivity index (χ0) is 13.4. The van der Waals surface area contributed by atoms with Gasteiger partial charge in [-0.15, -0.1) is 11.8 Å². The van der Waals surface area contributed by atoms with Gasteiger partial charge in [-0.1, -0.05) is 18.5 Å². The van der Waals surface area contributed by atoms with E-state index in [9.17, 15) is 4.79 Å². The minimum atomic E-state index is -0.268. The van der Waals surface area contributed by atoms with Crippen molar-refractivity contribution in [2.24, 2.45) is 0 Å². The van der Waals surface area contributed by atoms with Gasteiger partial charge in [0.2, 0.25) is 0 Å². The molecule has 1 N–H and O–H groups in total. The van der Waals surface area contributed by atoms with E-state index < -0.39 is 0 Å². The summed E-state index contributed by atoms with van der Waals surface area (Å²) < 4.78 is 4.78. The van der Waals surface area contributed by atoms with E-state index in [0.717, 1.165) is 17.9 Å². The number of benzene rings is 1. The second-order valence-corrected chi connectivity index (χ2v) is 5.32. The Kier molecular flexibility index (Phi) is 7.16. The van der Waals surface area contributed by atoms with Gasteiger partial charge in [0.05, 0.1) is 7.11 Å². The highest BCUT2D eigenvalue weighted by Gasteiger charge is 2.18. The van der Waals surface area contributed by atoms with Crippen LogP contribution in [0.4, 0.5) is 0 Å². The molecule has 1 atom stereocenters. The first kappa shape index (κ1) is 15.3. The minimum absolute atomic E-state index is 0.218. The van der Waals surface area contributed by atoms with Crippen molar-refractivity contribution in [3.63, 3.8) is 0 Å². The maximum atomic E-state index is 11.6. The zero-order valence-corrected chi connectivity index (χ0v) is 12.2. The highest BCUT2D eigenvalue weighted by Crippen LogP contribution is 2.21.